The van der Waals surface area contributed by atoms with Crippen LogP contribution in [0, 0.1) is 27.7 Å². The summed E-state index contributed by atoms with van der Waals surface area (Å²) in [4.78, 5) is 0. The molecule has 1 N–H and O–H groups in total. The summed E-state index contributed by atoms with van der Waals surface area (Å²) in [5, 5.41) is 8.34. The summed E-state index contributed by atoms with van der Waals surface area (Å²) < 4.78 is 2.16. The lowest BCUT2D eigenvalue weighted by Gasteiger charge is -2.27. The molecule has 1 aromatic heterocycles. The van der Waals surface area contributed by atoms with Crippen molar-refractivity contribution in [2.75, 3.05) is 6.54 Å². The lowest BCUT2D eigenvalue weighted by molar-refractivity contribution is 0.353. The SMILES string of the molecule is CCNC(c1ccc(C)cc1)C(C)n1nc(C)c(C)c1C. The molecule has 2 atom stereocenters. The molecule has 0 amide bonds. The molecule has 2 rings (SSSR count). The second-order valence-electron chi connectivity index (χ2n) is 5.93. The Kier molecular flexibility index (Phi) is 4.84. The zero-order valence-corrected chi connectivity index (χ0v) is 14.1. The molecule has 0 radical (unpaired) electrons. The number of hydrogen-bond donors (Lipinski definition) is 1. The highest BCUT2D eigenvalue weighted by atomic mass is 15.3. The standard InChI is InChI=1S/C18H27N3/c1-7-19-18(17-10-8-12(2)9-11-17)16(6)21-15(5)13(3)14(4)20-21/h8-11,16,18-19H,7H2,1-6H3. The molecule has 0 aliphatic heterocycles. The molecule has 0 saturated heterocycles. The second-order valence-corrected chi connectivity index (χ2v) is 5.93. The Labute approximate surface area is 128 Å². The van der Waals surface area contributed by atoms with Crippen molar-refractivity contribution in [2.45, 2.75) is 53.6 Å². The number of nitrogens with zero attached hydrogens (tertiary/aromatic N) is 2. The van der Waals surface area contributed by atoms with Crippen molar-refractivity contribution in [1.29, 1.82) is 0 Å². The van der Waals surface area contributed by atoms with Crippen LogP contribution in [0.4, 0.5) is 0 Å². The minimum absolute atomic E-state index is 0.271. The van der Waals surface area contributed by atoms with Gasteiger partial charge in [0, 0.05) is 5.69 Å². The van der Waals surface area contributed by atoms with Crippen LogP contribution in [0.1, 0.15) is 54.0 Å². The smallest absolute Gasteiger partial charge is 0.0688 e. The first-order valence-corrected chi connectivity index (χ1v) is 7.78. The number of rotatable bonds is 5. The van der Waals surface area contributed by atoms with Crippen molar-refractivity contribution < 1.29 is 0 Å². The van der Waals surface area contributed by atoms with Crippen LogP contribution in [-0.4, -0.2) is 16.3 Å². The van der Waals surface area contributed by atoms with Crippen molar-refractivity contribution in [3.63, 3.8) is 0 Å². The van der Waals surface area contributed by atoms with Gasteiger partial charge in [0.15, 0.2) is 0 Å². The Hall–Kier alpha value is -1.61. The first-order valence-electron chi connectivity index (χ1n) is 7.78. The first-order chi connectivity index (χ1) is 9.95. The van der Waals surface area contributed by atoms with E-state index in [-0.39, 0.29) is 12.1 Å². The van der Waals surface area contributed by atoms with E-state index in [1.54, 1.807) is 0 Å². The Bertz CT molecular complexity index is 596. The monoisotopic (exact) mass is 285 g/mol. The molecule has 0 saturated carbocycles. The molecule has 0 spiro atoms. The number of aryl methyl sites for hydroxylation is 2. The van der Waals surface area contributed by atoms with E-state index >= 15 is 0 Å². The average Bonchev–Trinajstić information content (AvgIpc) is 2.73. The molecular weight excluding hydrogens is 258 g/mol. The Morgan fingerprint density at radius 3 is 2.19 bits per heavy atom. The van der Waals surface area contributed by atoms with Gasteiger partial charge in [0.2, 0.25) is 0 Å². The third kappa shape index (κ3) is 3.18. The summed E-state index contributed by atoms with van der Waals surface area (Å²) in [5.41, 5.74) is 6.29. The normalized spacial score (nSPS) is 14.2. The quantitative estimate of drug-likeness (QED) is 0.899. The maximum atomic E-state index is 4.73. The minimum Gasteiger partial charge on any atom is -0.308 e. The van der Waals surface area contributed by atoms with Crippen LogP contribution in [0.25, 0.3) is 0 Å². The summed E-state index contributed by atoms with van der Waals surface area (Å²) >= 11 is 0. The summed E-state index contributed by atoms with van der Waals surface area (Å²) in [7, 11) is 0. The van der Waals surface area contributed by atoms with E-state index in [4.69, 9.17) is 5.10 Å². The molecule has 1 aromatic carbocycles. The Morgan fingerprint density at radius 1 is 1.10 bits per heavy atom. The summed E-state index contributed by atoms with van der Waals surface area (Å²) in [6, 6.07) is 9.35. The number of benzene rings is 1. The van der Waals surface area contributed by atoms with E-state index in [9.17, 15) is 0 Å². The highest BCUT2D eigenvalue weighted by Crippen LogP contribution is 2.28. The van der Waals surface area contributed by atoms with Crippen LogP contribution >= 0.6 is 0 Å². The predicted octanol–water partition coefficient (Wildman–Crippen LogP) is 4.03. The molecule has 3 nitrogen and oxygen atoms in total. The second kappa shape index (κ2) is 6.44. The van der Waals surface area contributed by atoms with Gasteiger partial charge >= 0.3 is 0 Å². The Morgan fingerprint density at radius 2 is 1.71 bits per heavy atom. The largest absolute Gasteiger partial charge is 0.308 e. The number of aromatic nitrogens is 2. The highest BCUT2D eigenvalue weighted by Gasteiger charge is 2.23. The molecule has 0 aliphatic carbocycles. The molecule has 0 bridgehead atoms. The van der Waals surface area contributed by atoms with Crippen molar-refractivity contribution in [3.05, 3.63) is 52.3 Å². The minimum atomic E-state index is 0.271. The third-order valence-electron chi connectivity index (χ3n) is 4.42. The van der Waals surface area contributed by atoms with Crippen molar-refractivity contribution in [2.24, 2.45) is 0 Å². The van der Waals surface area contributed by atoms with E-state index in [1.165, 1.54) is 22.4 Å². The molecule has 0 aliphatic rings. The molecule has 2 unspecified atom stereocenters. The first kappa shape index (κ1) is 15.8. The van der Waals surface area contributed by atoms with E-state index < -0.39 is 0 Å². The molecule has 1 heterocycles. The molecule has 21 heavy (non-hydrogen) atoms. The predicted molar refractivity (Wildman–Crippen MR) is 88.7 cm³/mol. The van der Waals surface area contributed by atoms with Crippen LogP contribution in [0.3, 0.4) is 0 Å². The molecule has 2 aromatic rings. The van der Waals surface area contributed by atoms with Gasteiger partial charge in [0.25, 0.3) is 0 Å². The van der Waals surface area contributed by atoms with Gasteiger partial charge < -0.3 is 5.32 Å². The van der Waals surface area contributed by atoms with Gasteiger partial charge in [-0.05, 0) is 52.3 Å². The molecule has 114 valence electrons. The lowest BCUT2D eigenvalue weighted by atomic mass is 9.99. The van der Waals surface area contributed by atoms with Crippen molar-refractivity contribution in [1.82, 2.24) is 15.1 Å². The van der Waals surface area contributed by atoms with Crippen LogP contribution in [0.2, 0.25) is 0 Å². The summed E-state index contributed by atoms with van der Waals surface area (Å²) in [6.07, 6.45) is 0. The zero-order chi connectivity index (χ0) is 15.6. The van der Waals surface area contributed by atoms with Gasteiger partial charge in [0.1, 0.15) is 0 Å². The van der Waals surface area contributed by atoms with E-state index in [0.29, 0.717) is 0 Å². The highest BCUT2D eigenvalue weighted by molar-refractivity contribution is 5.27. The Balaban J connectivity index is 2.37. The van der Waals surface area contributed by atoms with Crippen molar-refractivity contribution in [3.8, 4) is 0 Å². The van der Waals surface area contributed by atoms with Crippen LogP contribution in [0.5, 0.6) is 0 Å². The topological polar surface area (TPSA) is 29.9 Å². The number of likely N-dealkylation sites (N-methyl/N-ethyl adjacent to an activating group) is 1. The van der Waals surface area contributed by atoms with E-state index in [2.05, 4.69) is 75.8 Å². The van der Waals surface area contributed by atoms with Gasteiger partial charge in [-0.2, -0.15) is 5.10 Å². The van der Waals surface area contributed by atoms with Gasteiger partial charge in [0.05, 0.1) is 17.8 Å². The van der Waals surface area contributed by atoms with E-state index in [0.717, 1.165) is 12.2 Å². The lowest BCUT2D eigenvalue weighted by Crippen LogP contribution is -2.29. The summed E-state index contributed by atoms with van der Waals surface area (Å²) in [6.45, 7) is 13.9. The van der Waals surface area contributed by atoms with Gasteiger partial charge in [-0.15, -0.1) is 0 Å². The van der Waals surface area contributed by atoms with Gasteiger partial charge in [-0.3, -0.25) is 4.68 Å². The fourth-order valence-electron chi connectivity index (χ4n) is 2.84. The van der Waals surface area contributed by atoms with Crippen molar-refractivity contribution >= 4 is 0 Å². The fourth-order valence-corrected chi connectivity index (χ4v) is 2.84. The van der Waals surface area contributed by atoms with Crippen LogP contribution in [-0.2, 0) is 0 Å². The average molecular weight is 285 g/mol. The van der Waals surface area contributed by atoms with Crippen LogP contribution < -0.4 is 5.32 Å². The number of nitrogens with one attached hydrogen (secondary N) is 1. The van der Waals surface area contributed by atoms with Crippen LogP contribution in [0.15, 0.2) is 24.3 Å². The number of hydrogen-bond acceptors (Lipinski definition) is 2. The fraction of sp³-hybridized carbons (Fsp3) is 0.500. The zero-order valence-electron chi connectivity index (χ0n) is 14.1. The maximum absolute atomic E-state index is 4.73. The third-order valence-corrected chi connectivity index (χ3v) is 4.42. The van der Waals surface area contributed by atoms with E-state index in [1.807, 2.05) is 0 Å². The molecular formula is C18H27N3. The summed E-state index contributed by atoms with van der Waals surface area (Å²) in [5.74, 6) is 0. The maximum Gasteiger partial charge on any atom is 0.0688 e. The van der Waals surface area contributed by atoms with Gasteiger partial charge in [-0.1, -0.05) is 36.8 Å². The molecule has 3 heteroatoms. The molecule has 0 fully saturated rings. The van der Waals surface area contributed by atoms with Gasteiger partial charge in [-0.25, -0.2) is 0 Å².